The van der Waals surface area contributed by atoms with E-state index in [1.54, 1.807) is 0 Å². The van der Waals surface area contributed by atoms with E-state index >= 15 is 0 Å². The van der Waals surface area contributed by atoms with Crippen molar-refractivity contribution in [3.63, 3.8) is 0 Å². The smallest absolute Gasteiger partial charge is 0.0229 e. The Hall–Kier alpha value is -0.260. The molecule has 100 valence electrons. The second kappa shape index (κ2) is 6.07. The van der Waals surface area contributed by atoms with E-state index in [1.165, 1.54) is 32.1 Å². The van der Waals surface area contributed by atoms with Crippen LogP contribution in [0.25, 0.3) is 0 Å². The van der Waals surface area contributed by atoms with Gasteiger partial charge in [0.25, 0.3) is 0 Å². The normalized spacial score (nSPS) is 35.4. The summed E-state index contributed by atoms with van der Waals surface area (Å²) in [7, 11) is 0. The summed E-state index contributed by atoms with van der Waals surface area (Å²) in [6.45, 7) is 16.0. The molecule has 1 fully saturated rings. The quantitative estimate of drug-likeness (QED) is 0.475. The maximum Gasteiger partial charge on any atom is -0.0229 e. The van der Waals surface area contributed by atoms with Gasteiger partial charge in [0.05, 0.1) is 0 Å². The summed E-state index contributed by atoms with van der Waals surface area (Å²) in [5.74, 6) is 3.66. The minimum Gasteiger partial charge on any atom is -0.103 e. The van der Waals surface area contributed by atoms with Gasteiger partial charge in [-0.05, 0) is 35.5 Å². The molecule has 5 unspecified atom stereocenters. The lowest BCUT2D eigenvalue weighted by Crippen LogP contribution is -2.07. The third-order valence-corrected chi connectivity index (χ3v) is 5.32. The van der Waals surface area contributed by atoms with Crippen LogP contribution in [-0.2, 0) is 0 Å². The molecule has 0 nitrogen and oxygen atoms in total. The third kappa shape index (κ3) is 3.36. The first-order chi connectivity index (χ1) is 7.97. The fourth-order valence-electron chi connectivity index (χ4n) is 3.98. The van der Waals surface area contributed by atoms with Gasteiger partial charge in [0, 0.05) is 0 Å². The monoisotopic (exact) mass is 236 g/mol. The lowest BCUT2D eigenvalue weighted by atomic mass is 9.88. The molecule has 0 aliphatic heterocycles. The Bertz CT molecular complexity index is 242. The standard InChI is InChI=1S/C17H32/c1-7-9-13(3)10-11-14(4)16-15(5)17(16,6)12-8-2/h8,13-16H,2,7,9-12H2,1,3-6H3. The summed E-state index contributed by atoms with van der Waals surface area (Å²) >= 11 is 0. The molecule has 1 aliphatic carbocycles. The molecule has 1 saturated carbocycles. The molecule has 0 N–H and O–H groups in total. The molecule has 0 aromatic carbocycles. The highest BCUT2D eigenvalue weighted by atomic mass is 14.6. The predicted octanol–water partition coefficient (Wildman–Crippen LogP) is 5.69. The fraction of sp³-hybridized carbons (Fsp3) is 0.882. The molecule has 0 heterocycles. The van der Waals surface area contributed by atoms with E-state index in [0.29, 0.717) is 5.41 Å². The lowest BCUT2D eigenvalue weighted by molar-refractivity contribution is 0.341. The van der Waals surface area contributed by atoms with E-state index in [9.17, 15) is 0 Å². The first-order valence-corrected chi connectivity index (χ1v) is 7.58. The van der Waals surface area contributed by atoms with E-state index in [-0.39, 0.29) is 0 Å². The van der Waals surface area contributed by atoms with Gasteiger partial charge in [-0.15, -0.1) is 6.58 Å². The second-order valence-electron chi connectivity index (χ2n) is 6.76. The Morgan fingerprint density at radius 2 is 1.88 bits per heavy atom. The second-order valence-corrected chi connectivity index (χ2v) is 6.76. The van der Waals surface area contributed by atoms with Gasteiger partial charge < -0.3 is 0 Å². The molecule has 0 radical (unpaired) electrons. The van der Waals surface area contributed by atoms with Crippen LogP contribution in [0.15, 0.2) is 12.7 Å². The van der Waals surface area contributed by atoms with Gasteiger partial charge in [-0.25, -0.2) is 0 Å². The van der Waals surface area contributed by atoms with Gasteiger partial charge >= 0.3 is 0 Å². The summed E-state index contributed by atoms with van der Waals surface area (Å²) in [4.78, 5) is 0. The third-order valence-electron chi connectivity index (χ3n) is 5.32. The Morgan fingerprint density at radius 1 is 1.24 bits per heavy atom. The van der Waals surface area contributed by atoms with Gasteiger partial charge in [0.2, 0.25) is 0 Å². The van der Waals surface area contributed by atoms with Crippen LogP contribution in [-0.4, -0.2) is 0 Å². The van der Waals surface area contributed by atoms with E-state index in [0.717, 1.165) is 23.7 Å². The van der Waals surface area contributed by atoms with E-state index < -0.39 is 0 Å². The largest absolute Gasteiger partial charge is 0.103 e. The average molecular weight is 236 g/mol. The van der Waals surface area contributed by atoms with Crippen molar-refractivity contribution in [2.24, 2.45) is 29.1 Å². The van der Waals surface area contributed by atoms with Crippen molar-refractivity contribution in [3.8, 4) is 0 Å². The van der Waals surface area contributed by atoms with E-state index in [4.69, 9.17) is 0 Å². The van der Waals surface area contributed by atoms with Crippen molar-refractivity contribution in [1.29, 1.82) is 0 Å². The van der Waals surface area contributed by atoms with Crippen LogP contribution in [0.1, 0.15) is 66.7 Å². The Morgan fingerprint density at radius 3 is 2.41 bits per heavy atom. The maximum atomic E-state index is 3.91. The Labute approximate surface area is 109 Å². The van der Waals surface area contributed by atoms with Crippen molar-refractivity contribution in [1.82, 2.24) is 0 Å². The Kier molecular flexibility index (Phi) is 5.28. The van der Waals surface area contributed by atoms with Crippen molar-refractivity contribution in [3.05, 3.63) is 12.7 Å². The van der Waals surface area contributed by atoms with Gasteiger partial charge in [-0.1, -0.05) is 66.4 Å². The van der Waals surface area contributed by atoms with Crippen LogP contribution in [0, 0.1) is 29.1 Å². The molecule has 0 spiro atoms. The zero-order chi connectivity index (χ0) is 13.1. The lowest BCUT2D eigenvalue weighted by Gasteiger charge is -2.17. The molecule has 0 amide bonds. The Balaban J connectivity index is 2.34. The molecule has 1 rings (SSSR count). The highest BCUT2D eigenvalue weighted by Crippen LogP contribution is 2.64. The molecule has 17 heavy (non-hydrogen) atoms. The first-order valence-electron chi connectivity index (χ1n) is 7.58. The number of hydrogen-bond donors (Lipinski definition) is 0. The maximum absolute atomic E-state index is 3.91. The van der Waals surface area contributed by atoms with Crippen molar-refractivity contribution < 1.29 is 0 Å². The fourth-order valence-corrected chi connectivity index (χ4v) is 3.98. The molecular formula is C17H32. The SMILES string of the molecule is C=CCC1(C)C(C)C1C(C)CCC(C)CCC. The molecule has 5 atom stereocenters. The number of allylic oxidation sites excluding steroid dienone is 1. The van der Waals surface area contributed by atoms with E-state index in [1.807, 2.05) is 0 Å². The summed E-state index contributed by atoms with van der Waals surface area (Å²) in [5.41, 5.74) is 0.565. The summed E-state index contributed by atoms with van der Waals surface area (Å²) in [6.07, 6.45) is 8.89. The topological polar surface area (TPSA) is 0 Å². The molecule has 0 aromatic rings. The van der Waals surface area contributed by atoms with Crippen molar-refractivity contribution in [2.75, 3.05) is 0 Å². The van der Waals surface area contributed by atoms with Crippen LogP contribution in [0.3, 0.4) is 0 Å². The highest BCUT2D eigenvalue weighted by Gasteiger charge is 2.58. The highest BCUT2D eigenvalue weighted by molar-refractivity contribution is 5.09. The van der Waals surface area contributed by atoms with Gasteiger partial charge in [0.15, 0.2) is 0 Å². The van der Waals surface area contributed by atoms with Crippen molar-refractivity contribution in [2.45, 2.75) is 66.7 Å². The first kappa shape index (κ1) is 14.8. The molecule has 0 aromatic heterocycles. The summed E-state index contributed by atoms with van der Waals surface area (Å²) in [6, 6.07) is 0. The van der Waals surface area contributed by atoms with Crippen LogP contribution in [0.2, 0.25) is 0 Å². The predicted molar refractivity (Wildman–Crippen MR) is 78.0 cm³/mol. The van der Waals surface area contributed by atoms with Crippen LogP contribution in [0.4, 0.5) is 0 Å². The minimum absolute atomic E-state index is 0.565. The van der Waals surface area contributed by atoms with Gasteiger partial charge in [0.1, 0.15) is 0 Å². The van der Waals surface area contributed by atoms with Crippen LogP contribution >= 0.6 is 0 Å². The minimum atomic E-state index is 0.565. The summed E-state index contributed by atoms with van der Waals surface area (Å²) < 4.78 is 0. The zero-order valence-corrected chi connectivity index (χ0v) is 12.6. The molecule has 0 bridgehead atoms. The van der Waals surface area contributed by atoms with Gasteiger partial charge in [-0.3, -0.25) is 0 Å². The average Bonchev–Trinajstić information content (AvgIpc) is 2.79. The summed E-state index contributed by atoms with van der Waals surface area (Å²) in [5, 5.41) is 0. The van der Waals surface area contributed by atoms with Crippen molar-refractivity contribution >= 4 is 0 Å². The molecular weight excluding hydrogens is 204 g/mol. The zero-order valence-electron chi connectivity index (χ0n) is 12.6. The number of hydrogen-bond acceptors (Lipinski definition) is 0. The molecule has 0 heteroatoms. The molecule has 0 saturated heterocycles. The molecule has 1 aliphatic rings. The van der Waals surface area contributed by atoms with Crippen LogP contribution in [0.5, 0.6) is 0 Å². The van der Waals surface area contributed by atoms with E-state index in [2.05, 4.69) is 47.3 Å². The number of rotatable bonds is 8. The van der Waals surface area contributed by atoms with Gasteiger partial charge in [-0.2, -0.15) is 0 Å². The van der Waals surface area contributed by atoms with Crippen LogP contribution < -0.4 is 0 Å².